The number of likely N-dealkylation sites (tertiary alicyclic amines) is 1. The number of hydrogen-bond acceptors (Lipinski definition) is 3. The molecule has 22 heavy (non-hydrogen) atoms. The van der Waals surface area contributed by atoms with E-state index in [1.54, 1.807) is 4.90 Å². The summed E-state index contributed by atoms with van der Waals surface area (Å²) >= 11 is 0. The number of fused-ring (bicyclic) bond motifs is 1. The van der Waals surface area contributed by atoms with Crippen molar-refractivity contribution in [3.8, 4) is 0 Å². The first-order chi connectivity index (χ1) is 10.6. The molecule has 4 fully saturated rings. The lowest BCUT2D eigenvalue weighted by Crippen LogP contribution is -2.48. The summed E-state index contributed by atoms with van der Waals surface area (Å²) < 4.78 is 0. The summed E-state index contributed by atoms with van der Waals surface area (Å²) in [5.74, 6) is -0.134. The van der Waals surface area contributed by atoms with E-state index in [0.29, 0.717) is 32.0 Å². The maximum Gasteiger partial charge on any atom is 0.328 e. The molecule has 0 N–H and O–H groups in total. The SMILES string of the molecule is CCC[C@@]12CCCN1C(=O)N([C@H]1CCN(C3CC3)C1=O)C2=O. The predicted molar refractivity (Wildman–Crippen MR) is 79.0 cm³/mol. The molecule has 0 aromatic heterocycles. The second-order valence-electron chi connectivity index (χ2n) is 7.06. The molecular formula is C16H23N3O3. The summed E-state index contributed by atoms with van der Waals surface area (Å²) in [7, 11) is 0. The Bertz CT molecular complexity index is 545. The van der Waals surface area contributed by atoms with Crippen LogP contribution in [0.25, 0.3) is 0 Å². The summed E-state index contributed by atoms with van der Waals surface area (Å²) in [6.07, 6.45) is 5.94. The Morgan fingerprint density at radius 3 is 2.59 bits per heavy atom. The van der Waals surface area contributed by atoms with Crippen LogP contribution in [0, 0.1) is 0 Å². The minimum absolute atomic E-state index is 0.0166. The number of amides is 4. The van der Waals surface area contributed by atoms with Gasteiger partial charge in [-0.2, -0.15) is 0 Å². The van der Waals surface area contributed by atoms with E-state index in [-0.39, 0.29) is 17.8 Å². The molecule has 0 spiro atoms. The number of nitrogens with zero attached hydrogens (tertiary/aromatic N) is 3. The number of hydrogen-bond donors (Lipinski definition) is 0. The van der Waals surface area contributed by atoms with E-state index in [2.05, 4.69) is 0 Å². The highest BCUT2D eigenvalue weighted by Gasteiger charge is 2.62. The minimum atomic E-state index is -0.654. The molecule has 0 radical (unpaired) electrons. The number of imide groups is 1. The largest absolute Gasteiger partial charge is 0.338 e. The van der Waals surface area contributed by atoms with E-state index in [0.717, 1.165) is 32.1 Å². The van der Waals surface area contributed by atoms with Crippen LogP contribution < -0.4 is 0 Å². The maximum atomic E-state index is 13.0. The number of rotatable bonds is 4. The first-order valence-electron chi connectivity index (χ1n) is 8.56. The van der Waals surface area contributed by atoms with Crippen molar-refractivity contribution in [3.63, 3.8) is 0 Å². The molecule has 3 saturated heterocycles. The fourth-order valence-electron chi connectivity index (χ4n) is 4.55. The average Bonchev–Trinajstić information content (AvgIpc) is 3.09. The zero-order valence-electron chi connectivity index (χ0n) is 13.1. The van der Waals surface area contributed by atoms with E-state index in [9.17, 15) is 14.4 Å². The average molecular weight is 305 g/mol. The monoisotopic (exact) mass is 305 g/mol. The Morgan fingerprint density at radius 2 is 1.91 bits per heavy atom. The fourth-order valence-corrected chi connectivity index (χ4v) is 4.55. The van der Waals surface area contributed by atoms with Gasteiger partial charge in [-0.1, -0.05) is 13.3 Å². The van der Waals surface area contributed by atoms with Crippen LogP contribution in [0.5, 0.6) is 0 Å². The van der Waals surface area contributed by atoms with E-state index in [4.69, 9.17) is 0 Å². The standard InChI is InChI=1S/C16H23N3O3/c1-2-7-16-8-3-9-18(16)15(22)19(14(16)21)12-6-10-17(13(12)20)11-4-5-11/h11-12H,2-10H2,1H3/t12-,16-/m0/s1. The normalized spacial score (nSPS) is 35.0. The van der Waals surface area contributed by atoms with Gasteiger partial charge in [0.1, 0.15) is 11.6 Å². The highest BCUT2D eigenvalue weighted by Crippen LogP contribution is 2.43. The Hall–Kier alpha value is -1.59. The maximum absolute atomic E-state index is 13.0. The van der Waals surface area contributed by atoms with Crippen LogP contribution in [-0.4, -0.2) is 63.3 Å². The van der Waals surface area contributed by atoms with Crippen molar-refractivity contribution in [2.45, 2.75) is 69.5 Å². The Morgan fingerprint density at radius 1 is 1.14 bits per heavy atom. The van der Waals surface area contributed by atoms with Crippen LogP contribution in [0.2, 0.25) is 0 Å². The predicted octanol–water partition coefficient (Wildman–Crippen LogP) is 1.35. The topological polar surface area (TPSA) is 60.9 Å². The number of carbonyl (C=O) groups excluding carboxylic acids is 3. The van der Waals surface area contributed by atoms with Crippen molar-refractivity contribution in [2.24, 2.45) is 0 Å². The Kier molecular flexibility index (Phi) is 3.00. The lowest BCUT2D eigenvalue weighted by atomic mass is 9.90. The van der Waals surface area contributed by atoms with E-state index in [1.165, 1.54) is 4.90 Å². The minimum Gasteiger partial charge on any atom is -0.338 e. The third kappa shape index (κ3) is 1.69. The molecule has 4 amide bonds. The van der Waals surface area contributed by atoms with Gasteiger partial charge in [0, 0.05) is 19.1 Å². The lowest BCUT2D eigenvalue weighted by molar-refractivity contribution is -0.140. The third-order valence-corrected chi connectivity index (χ3v) is 5.72. The van der Waals surface area contributed by atoms with Gasteiger partial charge in [0.15, 0.2) is 0 Å². The highest BCUT2D eigenvalue weighted by atomic mass is 16.2. The van der Waals surface area contributed by atoms with Gasteiger partial charge >= 0.3 is 6.03 Å². The van der Waals surface area contributed by atoms with Gasteiger partial charge < -0.3 is 9.80 Å². The molecular weight excluding hydrogens is 282 g/mol. The van der Waals surface area contributed by atoms with Gasteiger partial charge in [-0.3, -0.25) is 9.59 Å². The van der Waals surface area contributed by atoms with Gasteiger partial charge in [-0.15, -0.1) is 0 Å². The van der Waals surface area contributed by atoms with Crippen LogP contribution in [0.4, 0.5) is 4.79 Å². The smallest absolute Gasteiger partial charge is 0.328 e. The van der Waals surface area contributed by atoms with Crippen LogP contribution >= 0.6 is 0 Å². The van der Waals surface area contributed by atoms with Crippen molar-refractivity contribution in [1.29, 1.82) is 0 Å². The van der Waals surface area contributed by atoms with Crippen LogP contribution in [0.1, 0.15) is 51.9 Å². The summed E-state index contributed by atoms with van der Waals surface area (Å²) in [6, 6.07) is -0.429. The molecule has 0 bridgehead atoms. The Labute approximate surface area is 130 Å². The van der Waals surface area contributed by atoms with Crippen molar-refractivity contribution in [3.05, 3.63) is 0 Å². The van der Waals surface area contributed by atoms with Gasteiger partial charge in [0.05, 0.1) is 0 Å². The molecule has 0 unspecified atom stereocenters. The lowest BCUT2D eigenvalue weighted by Gasteiger charge is -2.27. The van der Waals surface area contributed by atoms with Crippen LogP contribution in [-0.2, 0) is 9.59 Å². The first-order valence-corrected chi connectivity index (χ1v) is 8.56. The van der Waals surface area contributed by atoms with Gasteiger partial charge in [-0.25, -0.2) is 9.69 Å². The second kappa shape index (κ2) is 4.70. The molecule has 1 aliphatic carbocycles. The molecule has 0 aromatic rings. The first kappa shape index (κ1) is 14.0. The fraction of sp³-hybridized carbons (Fsp3) is 0.812. The van der Waals surface area contributed by atoms with Gasteiger partial charge in [0.2, 0.25) is 5.91 Å². The van der Waals surface area contributed by atoms with Gasteiger partial charge in [-0.05, 0) is 38.5 Å². The Balaban J connectivity index is 1.61. The van der Waals surface area contributed by atoms with Crippen molar-refractivity contribution in [2.75, 3.05) is 13.1 Å². The zero-order valence-corrected chi connectivity index (χ0v) is 13.1. The molecule has 120 valence electrons. The van der Waals surface area contributed by atoms with E-state index < -0.39 is 11.6 Å². The van der Waals surface area contributed by atoms with E-state index >= 15 is 0 Å². The molecule has 0 aromatic carbocycles. The molecule has 3 aliphatic heterocycles. The molecule has 4 rings (SSSR count). The van der Waals surface area contributed by atoms with Crippen molar-refractivity contribution >= 4 is 17.8 Å². The molecule has 2 atom stereocenters. The summed E-state index contributed by atoms with van der Waals surface area (Å²) in [5.41, 5.74) is -0.654. The van der Waals surface area contributed by atoms with Crippen LogP contribution in [0.3, 0.4) is 0 Å². The summed E-state index contributed by atoms with van der Waals surface area (Å²) in [6.45, 7) is 3.38. The molecule has 1 saturated carbocycles. The zero-order chi connectivity index (χ0) is 15.5. The van der Waals surface area contributed by atoms with Crippen molar-refractivity contribution in [1.82, 2.24) is 14.7 Å². The summed E-state index contributed by atoms with van der Waals surface area (Å²) in [5, 5.41) is 0. The third-order valence-electron chi connectivity index (χ3n) is 5.72. The summed E-state index contributed by atoms with van der Waals surface area (Å²) in [4.78, 5) is 43.3. The quantitative estimate of drug-likeness (QED) is 0.737. The highest BCUT2D eigenvalue weighted by molar-refractivity contribution is 6.10. The van der Waals surface area contributed by atoms with Crippen LogP contribution in [0.15, 0.2) is 0 Å². The molecule has 4 aliphatic rings. The van der Waals surface area contributed by atoms with E-state index in [1.807, 2.05) is 11.8 Å². The number of urea groups is 1. The molecule has 3 heterocycles. The van der Waals surface area contributed by atoms with Gasteiger partial charge in [0.25, 0.3) is 5.91 Å². The molecule has 6 heteroatoms. The second-order valence-corrected chi connectivity index (χ2v) is 7.06. The molecule has 6 nitrogen and oxygen atoms in total. The van der Waals surface area contributed by atoms with Crippen molar-refractivity contribution < 1.29 is 14.4 Å². The number of carbonyl (C=O) groups is 3.